The van der Waals surface area contributed by atoms with Gasteiger partial charge in [0.1, 0.15) is 5.69 Å². The number of halogens is 2. The summed E-state index contributed by atoms with van der Waals surface area (Å²) in [6.45, 7) is 0. The molecule has 1 aliphatic carbocycles. The summed E-state index contributed by atoms with van der Waals surface area (Å²) in [7, 11) is 0. The molecule has 0 radical (unpaired) electrons. The van der Waals surface area contributed by atoms with Gasteiger partial charge >= 0.3 is 0 Å². The van der Waals surface area contributed by atoms with Gasteiger partial charge in [0.05, 0.1) is 0 Å². The van der Waals surface area contributed by atoms with Gasteiger partial charge in [-0.2, -0.15) is 0 Å². The maximum Gasteiger partial charge on any atom is 0.280 e. The molecular formula is C11H14F2N2. The number of aromatic nitrogens is 1. The molecule has 1 aliphatic rings. The molecule has 0 aliphatic heterocycles. The summed E-state index contributed by atoms with van der Waals surface area (Å²) in [6, 6.07) is 3.09. The van der Waals surface area contributed by atoms with Crippen LogP contribution >= 0.6 is 0 Å². The van der Waals surface area contributed by atoms with Crippen LogP contribution in [0.15, 0.2) is 18.3 Å². The second-order valence-electron chi connectivity index (χ2n) is 4.25. The van der Waals surface area contributed by atoms with Gasteiger partial charge in [-0.3, -0.25) is 4.98 Å². The standard InChI is InChI=1S/C11H14F2N2/c12-10(13)9-2-1-8(7-15-9)3-4-11(14)5-6-11/h1-2,7,10H,3-6,14H2. The molecule has 0 saturated heterocycles. The van der Waals surface area contributed by atoms with Crippen LogP contribution in [0.25, 0.3) is 0 Å². The van der Waals surface area contributed by atoms with E-state index in [2.05, 4.69) is 4.98 Å². The Morgan fingerprint density at radius 2 is 2.13 bits per heavy atom. The Balaban J connectivity index is 1.92. The van der Waals surface area contributed by atoms with Gasteiger partial charge in [0.25, 0.3) is 6.43 Å². The van der Waals surface area contributed by atoms with Gasteiger partial charge in [-0.15, -0.1) is 0 Å². The summed E-state index contributed by atoms with van der Waals surface area (Å²) in [4.78, 5) is 3.71. The van der Waals surface area contributed by atoms with Crippen molar-refractivity contribution < 1.29 is 8.78 Å². The molecule has 1 fully saturated rings. The summed E-state index contributed by atoms with van der Waals surface area (Å²) in [5.74, 6) is 0. The lowest BCUT2D eigenvalue weighted by Crippen LogP contribution is -2.22. The minimum absolute atomic E-state index is 0.0153. The van der Waals surface area contributed by atoms with Gasteiger partial charge in [-0.05, 0) is 37.3 Å². The van der Waals surface area contributed by atoms with Crippen molar-refractivity contribution in [2.24, 2.45) is 5.73 Å². The zero-order valence-corrected chi connectivity index (χ0v) is 8.42. The van der Waals surface area contributed by atoms with E-state index in [4.69, 9.17) is 5.73 Å². The van der Waals surface area contributed by atoms with Crippen LogP contribution in [-0.4, -0.2) is 10.5 Å². The van der Waals surface area contributed by atoms with Gasteiger partial charge < -0.3 is 5.73 Å². The van der Waals surface area contributed by atoms with Crippen molar-refractivity contribution in [1.29, 1.82) is 0 Å². The van der Waals surface area contributed by atoms with Crippen molar-refractivity contribution >= 4 is 0 Å². The number of nitrogens with two attached hydrogens (primary N) is 1. The summed E-state index contributed by atoms with van der Waals surface area (Å²) in [6.07, 6.45) is 2.94. The molecule has 1 aromatic rings. The molecule has 1 aromatic heterocycles. The molecule has 0 spiro atoms. The molecule has 0 bridgehead atoms. The SMILES string of the molecule is NC1(CCc2ccc(C(F)F)nc2)CC1. The van der Waals surface area contributed by atoms with E-state index in [0.717, 1.165) is 31.2 Å². The van der Waals surface area contributed by atoms with Crippen LogP contribution in [0.3, 0.4) is 0 Å². The van der Waals surface area contributed by atoms with Crippen LogP contribution in [0.1, 0.15) is 36.9 Å². The molecule has 2 N–H and O–H groups in total. The Labute approximate surface area is 87.5 Å². The van der Waals surface area contributed by atoms with Gasteiger partial charge in [-0.25, -0.2) is 8.78 Å². The van der Waals surface area contributed by atoms with Crippen LogP contribution in [0.4, 0.5) is 8.78 Å². The van der Waals surface area contributed by atoms with Crippen molar-refractivity contribution in [2.75, 3.05) is 0 Å². The average Bonchev–Trinajstić information content (AvgIpc) is 2.95. The first-order valence-electron chi connectivity index (χ1n) is 5.11. The third kappa shape index (κ3) is 2.72. The van der Waals surface area contributed by atoms with Crippen molar-refractivity contribution in [1.82, 2.24) is 4.98 Å². The van der Waals surface area contributed by atoms with Crippen LogP contribution in [0.5, 0.6) is 0 Å². The Morgan fingerprint density at radius 3 is 2.60 bits per heavy atom. The van der Waals surface area contributed by atoms with E-state index in [9.17, 15) is 8.78 Å². The van der Waals surface area contributed by atoms with E-state index in [0.29, 0.717) is 0 Å². The number of aryl methyl sites for hydroxylation is 1. The Morgan fingerprint density at radius 1 is 1.40 bits per heavy atom. The van der Waals surface area contributed by atoms with E-state index < -0.39 is 6.43 Å². The first-order valence-corrected chi connectivity index (χ1v) is 5.11. The van der Waals surface area contributed by atoms with E-state index in [1.165, 1.54) is 12.3 Å². The van der Waals surface area contributed by atoms with Crippen molar-refractivity contribution in [3.05, 3.63) is 29.6 Å². The third-order valence-electron chi connectivity index (χ3n) is 2.87. The zero-order chi connectivity index (χ0) is 10.9. The van der Waals surface area contributed by atoms with Crippen LogP contribution in [0, 0.1) is 0 Å². The molecule has 0 unspecified atom stereocenters. The van der Waals surface area contributed by atoms with E-state index in [-0.39, 0.29) is 11.2 Å². The first kappa shape index (κ1) is 10.5. The molecule has 15 heavy (non-hydrogen) atoms. The molecule has 1 heterocycles. The zero-order valence-electron chi connectivity index (χ0n) is 8.42. The summed E-state index contributed by atoms with van der Waals surface area (Å²) < 4.78 is 24.4. The third-order valence-corrected chi connectivity index (χ3v) is 2.87. The Hall–Kier alpha value is -1.03. The van der Waals surface area contributed by atoms with Gasteiger partial charge in [0.2, 0.25) is 0 Å². The summed E-state index contributed by atoms with van der Waals surface area (Å²) >= 11 is 0. The number of nitrogens with zero attached hydrogens (tertiary/aromatic N) is 1. The summed E-state index contributed by atoms with van der Waals surface area (Å²) in [5, 5.41) is 0. The molecular weight excluding hydrogens is 198 g/mol. The second-order valence-corrected chi connectivity index (χ2v) is 4.25. The quantitative estimate of drug-likeness (QED) is 0.832. The predicted molar refractivity (Wildman–Crippen MR) is 53.7 cm³/mol. The first-order chi connectivity index (χ1) is 7.09. The van der Waals surface area contributed by atoms with E-state index in [1.807, 2.05) is 0 Å². The molecule has 1 saturated carbocycles. The highest BCUT2D eigenvalue weighted by atomic mass is 19.3. The fraction of sp³-hybridized carbons (Fsp3) is 0.545. The minimum atomic E-state index is -2.48. The largest absolute Gasteiger partial charge is 0.325 e. The van der Waals surface area contributed by atoms with Crippen molar-refractivity contribution in [3.8, 4) is 0 Å². The van der Waals surface area contributed by atoms with E-state index in [1.54, 1.807) is 6.07 Å². The number of rotatable bonds is 4. The summed E-state index contributed by atoms with van der Waals surface area (Å²) in [5.41, 5.74) is 6.77. The fourth-order valence-electron chi connectivity index (χ4n) is 1.52. The highest BCUT2D eigenvalue weighted by Crippen LogP contribution is 2.36. The van der Waals surface area contributed by atoms with Crippen molar-refractivity contribution in [3.63, 3.8) is 0 Å². The van der Waals surface area contributed by atoms with Crippen LogP contribution < -0.4 is 5.73 Å². The lowest BCUT2D eigenvalue weighted by molar-refractivity contribution is 0.146. The molecule has 2 rings (SSSR count). The number of hydrogen-bond acceptors (Lipinski definition) is 2. The lowest BCUT2D eigenvalue weighted by Gasteiger charge is -2.08. The fourth-order valence-corrected chi connectivity index (χ4v) is 1.52. The molecule has 0 amide bonds. The minimum Gasteiger partial charge on any atom is -0.325 e. The van der Waals surface area contributed by atoms with E-state index >= 15 is 0 Å². The Kier molecular flexibility index (Phi) is 2.69. The molecule has 82 valence electrons. The van der Waals surface area contributed by atoms with Crippen LogP contribution in [-0.2, 0) is 6.42 Å². The molecule has 0 atom stereocenters. The van der Waals surface area contributed by atoms with Gasteiger partial charge in [-0.1, -0.05) is 6.07 Å². The van der Waals surface area contributed by atoms with Gasteiger partial charge in [0.15, 0.2) is 0 Å². The molecule has 4 heteroatoms. The average molecular weight is 212 g/mol. The predicted octanol–water partition coefficient (Wildman–Crippen LogP) is 2.44. The normalized spacial score (nSPS) is 18.1. The molecule has 0 aromatic carbocycles. The van der Waals surface area contributed by atoms with Crippen LogP contribution in [0.2, 0.25) is 0 Å². The number of alkyl halides is 2. The highest BCUT2D eigenvalue weighted by Gasteiger charge is 2.37. The smallest absolute Gasteiger partial charge is 0.280 e. The Bertz CT molecular complexity index is 331. The lowest BCUT2D eigenvalue weighted by atomic mass is 10.1. The molecule has 2 nitrogen and oxygen atoms in total. The number of hydrogen-bond donors (Lipinski definition) is 1. The maximum atomic E-state index is 12.2. The maximum absolute atomic E-state index is 12.2. The van der Waals surface area contributed by atoms with Crippen molar-refractivity contribution in [2.45, 2.75) is 37.6 Å². The second kappa shape index (κ2) is 3.85. The topological polar surface area (TPSA) is 38.9 Å². The highest BCUT2D eigenvalue weighted by molar-refractivity contribution is 5.16. The number of pyridine rings is 1. The monoisotopic (exact) mass is 212 g/mol. The van der Waals surface area contributed by atoms with Gasteiger partial charge in [0, 0.05) is 11.7 Å².